The molecule has 1 atom stereocenters. The highest BCUT2D eigenvalue weighted by Gasteiger charge is 2.37. The molecule has 0 bridgehead atoms. The van der Waals surface area contributed by atoms with Gasteiger partial charge in [-0.25, -0.2) is 4.99 Å². The Morgan fingerprint density at radius 1 is 1.08 bits per heavy atom. The lowest BCUT2D eigenvalue weighted by molar-refractivity contribution is 0.122. The number of aliphatic imine (C=N–C) groups is 1. The maximum Gasteiger partial charge on any atom is 0.229 e. The summed E-state index contributed by atoms with van der Waals surface area (Å²) in [5, 5.41) is 0. The third kappa shape index (κ3) is 4.81. The molecule has 9 nitrogen and oxygen atoms in total. The fourth-order valence-corrected chi connectivity index (χ4v) is 5.25. The van der Waals surface area contributed by atoms with Crippen LogP contribution in [0.15, 0.2) is 59.9 Å². The fourth-order valence-electron chi connectivity index (χ4n) is 5.25. The number of methoxy groups -OCH3 is 1. The minimum atomic E-state index is 0.0295. The van der Waals surface area contributed by atoms with Crippen molar-refractivity contribution in [1.29, 1.82) is 0 Å². The number of anilines is 3. The Labute approximate surface area is 223 Å². The number of allylic oxidation sites excluding steroid dienone is 1. The molecule has 0 saturated carbocycles. The number of pyridine rings is 1. The van der Waals surface area contributed by atoms with E-state index >= 15 is 0 Å². The van der Waals surface area contributed by atoms with Crippen LogP contribution in [0.4, 0.5) is 23.3 Å². The molecule has 3 aliphatic heterocycles. The summed E-state index contributed by atoms with van der Waals surface area (Å²) >= 11 is 0. The smallest absolute Gasteiger partial charge is 0.229 e. The molecule has 6 rings (SSSR count). The lowest BCUT2D eigenvalue weighted by atomic mass is 9.94. The van der Waals surface area contributed by atoms with Gasteiger partial charge in [0.25, 0.3) is 0 Å². The molecule has 38 heavy (non-hydrogen) atoms. The molecule has 1 fully saturated rings. The second kappa shape index (κ2) is 10.4. The quantitative estimate of drug-likeness (QED) is 0.504. The maximum atomic E-state index is 5.61. The number of ether oxygens (including phenoxy) is 2. The van der Waals surface area contributed by atoms with Crippen LogP contribution in [-0.2, 0) is 4.74 Å². The molecule has 0 radical (unpaired) electrons. The number of rotatable bonds is 5. The predicted octanol–water partition coefficient (Wildman–Crippen LogP) is 4.23. The average molecular weight is 512 g/mol. The van der Waals surface area contributed by atoms with Crippen molar-refractivity contribution >= 4 is 29.0 Å². The van der Waals surface area contributed by atoms with Crippen molar-refractivity contribution in [1.82, 2.24) is 19.9 Å². The number of hydrogen-bond acceptors (Lipinski definition) is 9. The molecule has 1 aromatic carbocycles. The number of hydrogen-bond donors (Lipinski definition) is 0. The van der Waals surface area contributed by atoms with Gasteiger partial charge in [-0.1, -0.05) is 12.1 Å². The van der Waals surface area contributed by atoms with Crippen molar-refractivity contribution in [3.05, 3.63) is 71.7 Å². The van der Waals surface area contributed by atoms with Crippen LogP contribution < -0.4 is 14.5 Å². The first-order valence-electron chi connectivity index (χ1n) is 13.1. The van der Waals surface area contributed by atoms with Gasteiger partial charge >= 0.3 is 0 Å². The highest BCUT2D eigenvalue weighted by molar-refractivity contribution is 5.97. The highest BCUT2D eigenvalue weighted by Crippen LogP contribution is 2.48. The van der Waals surface area contributed by atoms with Crippen molar-refractivity contribution in [2.75, 3.05) is 63.4 Å². The summed E-state index contributed by atoms with van der Waals surface area (Å²) < 4.78 is 11.2. The highest BCUT2D eigenvalue weighted by atomic mass is 16.5. The Morgan fingerprint density at radius 2 is 1.95 bits per heavy atom. The van der Waals surface area contributed by atoms with Crippen molar-refractivity contribution in [3.63, 3.8) is 0 Å². The molecule has 9 heteroatoms. The molecule has 5 heterocycles. The Bertz CT molecular complexity index is 1380. The first-order valence-corrected chi connectivity index (χ1v) is 13.1. The lowest BCUT2D eigenvalue weighted by Crippen LogP contribution is -2.37. The van der Waals surface area contributed by atoms with Crippen molar-refractivity contribution in [2.24, 2.45) is 4.99 Å². The molecular weight excluding hydrogens is 478 g/mol. The Hall–Kier alpha value is -3.98. The number of benzene rings is 1. The molecule has 196 valence electrons. The van der Waals surface area contributed by atoms with Crippen LogP contribution in [-0.4, -0.2) is 79.1 Å². The zero-order chi connectivity index (χ0) is 26.1. The molecule has 0 aliphatic carbocycles. The minimum Gasteiger partial charge on any atom is -0.497 e. The van der Waals surface area contributed by atoms with Gasteiger partial charge in [0.2, 0.25) is 5.95 Å². The third-order valence-electron chi connectivity index (χ3n) is 7.34. The van der Waals surface area contributed by atoms with E-state index in [-0.39, 0.29) is 5.92 Å². The van der Waals surface area contributed by atoms with Gasteiger partial charge in [-0.05, 0) is 42.8 Å². The monoisotopic (exact) mass is 511 g/mol. The lowest BCUT2D eigenvalue weighted by Gasteiger charge is -2.28. The molecule has 1 saturated heterocycles. The van der Waals surface area contributed by atoms with Crippen LogP contribution in [0.25, 0.3) is 0 Å². The Morgan fingerprint density at radius 3 is 2.71 bits per heavy atom. The summed E-state index contributed by atoms with van der Waals surface area (Å²) in [7, 11) is 3.79. The van der Waals surface area contributed by atoms with E-state index in [2.05, 4.69) is 57.2 Å². The molecule has 1 unspecified atom stereocenters. The van der Waals surface area contributed by atoms with Gasteiger partial charge in [0.15, 0.2) is 5.82 Å². The summed E-state index contributed by atoms with van der Waals surface area (Å²) in [6.07, 6.45) is 6.90. The molecule has 0 N–H and O–H groups in total. The topological polar surface area (TPSA) is 79.2 Å². The van der Waals surface area contributed by atoms with Gasteiger partial charge in [0.1, 0.15) is 11.6 Å². The van der Waals surface area contributed by atoms with E-state index in [9.17, 15) is 0 Å². The largest absolute Gasteiger partial charge is 0.497 e. The van der Waals surface area contributed by atoms with Gasteiger partial charge in [0, 0.05) is 80.6 Å². The number of morpholine rings is 1. The summed E-state index contributed by atoms with van der Waals surface area (Å²) in [4.78, 5) is 26.5. The van der Waals surface area contributed by atoms with E-state index < -0.39 is 0 Å². The molecule has 3 aromatic rings. The summed E-state index contributed by atoms with van der Waals surface area (Å²) in [5.74, 6) is 3.20. The van der Waals surface area contributed by atoms with Crippen LogP contribution in [0.5, 0.6) is 5.75 Å². The summed E-state index contributed by atoms with van der Waals surface area (Å²) in [6.45, 7) is 6.52. The summed E-state index contributed by atoms with van der Waals surface area (Å²) in [6, 6.07) is 12.4. The van der Waals surface area contributed by atoms with Crippen molar-refractivity contribution in [3.8, 4) is 5.75 Å². The van der Waals surface area contributed by atoms with E-state index in [1.54, 1.807) is 7.11 Å². The SMILES string of the molecule is COc1cccc(C2CN(c3ccnc(C)c3)c3nc(N4CCOCC4)nc(N=C4C=CN(C)CC4)c32)c1. The minimum absolute atomic E-state index is 0.0295. The van der Waals surface area contributed by atoms with Crippen molar-refractivity contribution in [2.45, 2.75) is 19.3 Å². The Kier molecular flexibility index (Phi) is 6.68. The fraction of sp³-hybridized carbons (Fsp3) is 0.379. The van der Waals surface area contributed by atoms with Crippen LogP contribution in [0.1, 0.15) is 29.2 Å². The van der Waals surface area contributed by atoms with Crippen molar-refractivity contribution < 1.29 is 9.47 Å². The molecule has 0 amide bonds. The molecule has 2 aromatic heterocycles. The first kappa shape index (κ1) is 24.4. The molecule has 3 aliphatic rings. The van der Waals surface area contributed by atoms with Gasteiger partial charge in [-0.15, -0.1) is 0 Å². The number of nitrogens with zero attached hydrogens (tertiary/aromatic N) is 7. The molecular formula is C29H33N7O2. The van der Waals surface area contributed by atoms with E-state index in [4.69, 9.17) is 24.4 Å². The maximum absolute atomic E-state index is 5.61. The third-order valence-corrected chi connectivity index (χ3v) is 7.34. The van der Waals surface area contributed by atoms with Gasteiger partial charge in [-0.3, -0.25) is 4.98 Å². The van der Waals surface area contributed by atoms with Gasteiger partial charge in [0.05, 0.1) is 20.3 Å². The van der Waals surface area contributed by atoms with Gasteiger partial charge < -0.3 is 24.2 Å². The average Bonchev–Trinajstić information content (AvgIpc) is 3.35. The molecule has 0 spiro atoms. The van der Waals surface area contributed by atoms with E-state index in [0.29, 0.717) is 19.2 Å². The summed E-state index contributed by atoms with van der Waals surface area (Å²) in [5.41, 5.74) is 5.26. The van der Waals surface area contributed by atoms with E-state index in [0.717, 1.165) is 78.2 Å². The second-order valence-corrected chi connectivity index (χ2v) is 9.93. The first-order chi connectivity index (χ1) is 18.6. The second-order valence-electron chi connectivity index (χ2n) is 9.93. The van der Waals surface area contributed by atoms with Crippen LogP contribution in [0.3, 0.4) is 0 Å². The Balaban J connectivity index is 1.55. The number of aromatic nitrogens is 3. The number of aryl methyl sites for hydroxylation is 1. The van der Waals surface area contributed by atoms with Crippen LogP contribution >= 0.6 is 0 Å². The zero-order valence-electron chi connectivity index (χ0n) is 22.2. The predicted molar refractivity (Wildman–Crippen MR) is 149 cm³/mol. The van der Waals surface area contributed by atoms with E-state index in [1.165, 1.54) is 0 Å². The van der Waals surface area contributed by atoms with Crippen LogP contribution in [0.2, 0.25) is 0 Å². The van der Waals surface area contributed by atoms with Crippen LogP contribution in [0, 0.1) is 6.92 Å². The zero-order valence-corrected chi connectivity index (χ0v) is 22.2. The standard InChI is InChI=1S/C29H33N7O2/c1-20-17-23(7-10-30-20)36-19-25(21-5-4-6-24(18-21)37-3)26-27(31-22-8-11-34(2)12-9-22)32-29(33-28(26)36)35-13-15-38-16-14-35/h4-8,10-11,17-18,25H,9,12-16,19H2,1-3H3. The normalized spacial score (nSPS) is 20.2. The number of fused-ring (bicyclic) bond motifs is 1. The van der Waals surface area contributed by atoms with Gasteiger partial charge in [-0.2, -0.15) is 9.97 Å². The van der Waals surface area contributed by atoms with E-state index in [1.807, 2.05) is 31.3 Å².